The molecule has 2 aromatic carbocycles. The molecule has 1 amide bonds. The Morgan fingerprint density at radius 3 is 2.42 bits per heavy atom. The molecule has 1 aliphatic carbocycles. The van der Waals surface area contributed by atoms with Crippen LogP contribution in [0, 0.1) is 5.92 Å². The molecule has 4 N–H and O–H groups in total. The summed E-state index contributed by atoms with van der Waals surface area (Å²) in [4.78, 5) is 23.7. The van der Waals surface area contributed by atoms with E-state index in [0.717, 1.165) is 5.56 Å². The molecule has 1 aliphatic rings. The summed E-state index contributed by atoms with van der Waals surface area (Å²) in [5.74, 6) is -1.05. The fraction of sp³-hybridized carbons (Fsp3) is 0.222. The van der Waals surface area contributed by atoms with Gasteiger partial charge in [0.2, 0.25) is 0 Å². The SMILES string of the molecule is NC(=O)OC1(c2ccccc2N)CC1C(=O)OCc1ccccc1. The van der Waals surface area contributed by atoms with Crippen molar-refractivity contribution in [3.05, 3.63) is 65.7 Å². The van der Waals surface area contributed by atoms with Crippen molar-refractivity contribution >= 4 is 17.7 Å². The minimum atomic E-state index is -1.13. The Hall–Kier alpha value is -3.02. The zero-order valence-electron chi connectivity index (χ0n) is 13.0. The number of esters is 1. The monoisotopic (exact) mass is 326 g/mol. The number of carbonyl (C=O) groups is 2. The molecule has 0 aliphatic heterocycles. The second-order valence-corrected chi connectivity index (χ2v) is 5.75. The first-order valence-electron chi connectivity index (χ1n) is 7.57. The van der Waals surface area contributed by atoms with Gasteiger partial charge in [0.25, 0.3) is 0 Å². The molecule has 0 radical (unpaired) electrons. The van der Waals surface area contributed by atoms with Crippen LogP contribution in [-0.2, 0) is 26.5 Å². The van der Waals surface area contributed by atoms with Crippen molar-refractivity contribution in [3.8, 4) is 0 Å². The summed E-state index contributed by atoms with van der Waals surface area (Å²) in [7, 11) is 0. The summed E-state index contributed by atoms with van der Waals surface area (Å²) >= 11 is 0. The normalized spacial score (nSPS) is 21.8. The van der Waals surface area contributed by atoms with Crippen LogP contribution in [0.15, 0.2) is 54.6 Å². The molecule has 6 heteroatoms. The number of primary amides is 1. The van der Waals surface area contributed by atoms with E-state index in [-0.39, 0.29) is 6.61 Å². The first-order valence-corrected chi connectivity index (χ1v) is 7.57. The third kappa shape index (κ3) is 3.03. The molecular weight excluding hydrogens is 308 g/mol. The van der Waals surface area contributed by atoms with Crippen molar-refractivity contribution in [1.29, 1.82) is 0 Å². The second-order valence-electron chi connectivity index (χ2n) is 5.75. The lowest BCUT2D eigenvalue weighted by Gasteiger charge is -2.19. The van der Waals surface area contributed by atoms with Crippen LogP contribution >= 0.6 is 0 Å². The third-order valence-corrected chi connectivity index (χ3v) is 4.12. The summed E-state index contributed by atoms with van der Waals surface area (Å²) in [5, 5.41) is 0. The van der Waals surface area contributed by atoms with E-state index in [1.165, 1.54) is 0 Å². The van der Waals surface area contributed by atoms with Crippen LogP contribution in [0.1, 0.15) is 17.5 Å². The van der Waals surface area contributed by atoms with E-state index in [9.17, 15) is 9.59 Å². The molecule has 6 nitrogen and oxygen atoms in total. The van der Waals surface area contributed by atoms with Gasteiger partial charge in [-0.3, -0.25) is 4.79 Å². The quantitative estimate of drug-likeness (QED) is 0.648. The highest BCUT2D eigenvalue weighted by molar-refractivity contribution is 5.81. The summed E-state index contributed by atoms with van der Waals surface area (Å²) in [6.07, 6.45) is -0.644. The molecule has 2 atom stereocenters. The number of rotatable bonds is 5. The third-order valence-electron chi connectivity index (χ3n) is 4.12. The van der Waals surface area contributed by atoms with Crippen LogP contribution in [0.4, 0.5) is 10.5 Å². The minimum Gasteiger partial charge on any atom is -0.460 e. The van der Waals surface area contributed by atoms with Crippen molar-refractivity contribution < 1.29 is 19.1 Å². The number of amides is 1. The van der Waals surface area contributed by atoms with Gasteiger partial charge in [0.05, 0.1) is 0 Å². The van der Waals surface area contributed by atoms with Gasteiger partial charge in [-0.2, -0.15) is 0 Å². The van der Waals surface area contributed by atoms with Gasteiger partial charge in [-0.1, -0.05) is 48.5 Å². The van der Waals surface area contributed by atoms with E-state index in [0.29, 0.717) is 17.7 Å². The Labute approximate surface area is 139 Å². The summed E-state index contributed by atoms with van der Waals surface area (Å²) in [6.45, 7) is 0.160. The lowest BCUT2D eigenvalue weighted by molar-refractivity contribution is -0.148. The number of benzene rings is 2. The van der Waals surface area contributed by atoms with Crippen LogP contribution in [0.25, 0.3) is 0 Å². The number of nitrogen functional groups attached to an aromatic ring is 1. The number of nitrogens with two attached hydrogens (primary N) is 2. The van der Waals surface area contributed by atoms with Crippen LogP contribution in [0.5, 0.6) is 0 Å². The number of para-hydroxylation sites is 1. The maximum absolute atomic E-state index is 12.4. The highest BCUT2D eigenvalue weighted by atomic mass is 16.6. The van der Waals surface area contributed by atoms with E-state index in [2.05, 4.69) is 0 Å². The van der Waals surface area contributed by atoms with Crippen molar-refractivity contribution in [2.45, 2.75) is 18.6 Å². The van der Waals surface area contributed by atoms with Crippen LogP contribution in [0.3, 0.4) is 0 Å². The predicted molar refractivity (Wildman–Crippen MR) is 87.5 cm³/mol. The minimum absolute atomic E-state index is 0.160. The topological polar surface area (TPSA) is 105 Å². The molecule has 0 saturated heterocycles. The Morgan fingerprint density at radius 1 is 1.08 bits per heavy atom. The molecular formula is C18H18N2O4. The summed E-state index contributed by atoms with van der Waals surface area (Å²) in [5.41, 5.74) is 11.9. The maximum Gasteiger partial charge on any atom is 0.405 e. The number of hydrogen-bond acceptors (Lipinski definition) is 5. The molecule has 0 aromatic heterocycles. The predicted octanol–water partition coefficient (Wildman–Crippen LogP) is 2.32. The average molecular weight is 326 g/mol. The van der Waals surface area contributed by atoms with Gasteiger partial charge in [-0.15, -0.1) is 0 Å². The van der Waals surface area contributed by atoms with Gasteiger partial charge in [-0.25, -0.2) is 4.79 Å². The fourth-order valence-electron chi connectivity index (χ4n) is 2.87. The number of anilines is 1. The van der Waals surface area contributed by atoms with Crippen molar-refractivity contribution in [1.82, 2.24) is 0 Å². The van der Waals surface area contributed by atoms with Gasteiger partial charge >= 0.3 is 12.1 Å². The standard InChI is InChI=1S/C18H18N2O4/c19-15-9-5-4-8-13(15)18(24-17(20)22)10-14(18)16(21)23-11-12-6-2-1-3-7-12/h1-9,14H,10-11,19H2,(H2,20,22). The Balaban J connectivity index is 1.75. The van der Waals surface area contributed by atoms with E-state index in [1.54, 1.807) is 24.3 Å². The van der Waals surface area contributed by atoms with Crippen molar-refractivity contribution in [2.75, 3.05) is 5.73 Å². The zero-order chi connectivity index (χ0) is 17.2. The van der Waals surface area contributed by atoms with Crippen molar-refractivity contribution in [2.24, 2.45) is 11.7 Å². The lowest BCUT2D eigenvalue weighted by Crippen LogP contribution is -2.27. The van der Waals surface area contributed by atoms with E-state index in [1.807, 2.05) is 30.3 Å². The van der Waals surface area contributed by atoms with Crippen LogP contribution in [-0.4, -0.2) is 12.1 Å². The first kappa shape index (κ1) is 15.9. The molecule has 2 unspecified atom stereocenters. The first-order chi connectivity index (χ1) is 11.5. The van der Waals surface area contributed by atoms with Gasteiger partial charge < -0.3 is 20.9 Å². The molecule has 0 heterocycles. The fourth-order valence-corrected chi connectivity index (χ4v) is 2.87. The summed E-state index contributed by atoms with van der Waals surface area (Å²) < 4.78 is 10.6. The summed E-state index contributed by atoms with van der Waals surface area (Å²) in [6, 6.07) is 16.3. The lowest BCUT2D eigenvalue weighted by atomic mass is 10.0. The maximum atomic E-state index is 12.4. The number of ether oxygens (including phenoxy) is 2. The van der Waals surface area contributed by atoms with Gasteiger partial charge in [0.15, 0.2) is 5.60 Å². The number of carbonyl (C=O) groups excluding carboxylic acids is 2. The molecule has 1 saturated carbocycles. The Morgan fingerprint density at radius 2 is 1.75 bits per heavy atom. The molecule has 0 bridgehead atoms. The van der Waals surface area contributed by atoms with Gasteiger partial charge in [0.1, 0.15) is 12.5 Å². The van der Waals surface area contributed by atoms with Crippen molar-refractivity contribution in [3.63, 3.8) is 0 Å². The molecule has 124 valence electrons. The smallest absolute Gasteiger partial charge is 0.405 e. The molecule has 24 heavy (non-hydrogen) atoms. The Kier molecular flexibility index (Phi) is 4.12. The van der Waals surface area contributed by atoms with E-state index < -0.39 is 23.6 Å². The largest absolute Gasteiger partial charge is 0.460 e. The molecule has 0 spiro atoms. The van der Waals surface area contributed by atoms with Crippen LogP contribution in [0.2, 0.25) is 0 Å². The van der Waals surface area contributed by atoms with Crippen LogP contribution < -0.4 is 11.5 Å². The highest BCUT2D eigenvalue weighted by Crippen LogP contribution is 2.57. The highest BCUT2D eigenvalue weighted by Gasteiger charge is 2.64. The van der Waals surface area contributed by atoms with E-state index >= 15 is 0 Å². The van der Waals surface area contributed by atoms with Gasteiger partial charge in [0, 0.05) is 17.7 Å². The van der Waals surface area contributed by atoms with E-state index in [4.69, 9.17) is 20.9 Å². The molecule has 2 aromatic rings. The Bertz CT molecular complexity index is 763. The second kappa shape index (κ2) is 6.23. The number of hydrogen-bond donors (Lipinski definition) is 2. The molecule has 3 rings (SSSR count). The van der Waals surface area contributed by atoms with Gasteiger partial charge in [-0.05, 0) is 11.6 Å². The zero-order valence-corrected chi connectivity index (χ0v) is 13.0. The average Bonchev–Trinajstić information content (AvgIpc) is 3.28. The molecule has 1 fully saturated rings.